The van der Waals surface area contributed by atoms with Crippen LogP contribution < -0.4 is 10.6 Å². The van der Waals surface area contributed by atoms with Crippen molar-refractivity contribution >= 4 is 11.6 Å². The zero-order valence-electron chi connectivity index (χ0n) is 14.5. The van der Waals surface area contributed by atoms with Crippen LogP contribution in [0.25, 0.3) is 5.70 Å². The molecule has 0 radical (unpaired) electrons. The van der Waals surface area contributed by atoms with E-state index in [4.69, 9.17) is 0 Å². The van der Waals surface area contributed by atoms with Crippen molar-refractivity contribution in [2.24, 2.45) is 0 Å². The summed E-state index contributed by atoms with van der Waals surface area (Å²) in [5, 5.41) is 5.97. The summed E-state index contributed by atoms with van der Waals surface area (Å²) in [6.07, 6.45) is 3.31. The Hall–Kier alpha value is -2.69. The maximum absolute atomic E-state index is 12.0. The summed E-state index contributed by atoms with van der Waals surface area (Å²) in [6.45, 7) is 8.31. The smallest absolute Gasteiger partial charge is 0.269 e. The summed E-state index contributed by atoms with van der Waals surface area (Å²) in [5.41, 5.74) is 3.74. The number of carbonyl (C=O) groups is 1. The Morgan fingerprint density at radius 3 is 2.71 bits per heavy atom. The first kappa shape index (κ1) is 17.7. The monoisotopic (exact) mass is 324 g/mol. The molecule has 0 fully saturated rings. The quantitative estimate of drug-likeness (QED) is 0.822. The molecular weight excluding hydrogens is 300 g/mol. The van der Waals surface area contributed by atoms with Crippen LogP contribution in [0.15, 0.2) is 43.1 Å². The van der Waals surface area contributed by atoms with Gasteiger partial charge in [0.15, 0.2) is 0 Å². The maximum Gasteiger partial charge on any atom is 0.269 e. The van der Waals surface area contributed by atoms with Crippen LogP contribution in [0.4, 0.5) is 0 Å². The fraction of sp³-hybridized carbons (Fsp3) is 0.316. The van der Waals surface area contributed by atoms with Crippen LogP contribution >= 0.6 is 0 Å². The first-order valence-corrected chi connectivity index (χ1v) is 8.12. The molecule has 24 heavy (non-hydrogen) atoms. The Bertz CT molecular complexity index is 713. The van der Waals surface area contributed by atoms with Gasteiger partial charge in [0.1, 0.15) is 5.69 Å². The molecule has 0 aliphatic carbocycles. The van der Waals surface area contributed by atoms with E-state index in [0.717, 1.165) is 29.1 Å². The zero-order valence-corrected chi connectivity index (χ0v) is 14.5. The summed E-state index contributed by atoms with van der Waals surface area (Å²) in [7, 11) is 1.60. The van der Waals surface area contributed by atoms with Crippen LogP contribution in [0.5, 0.6) is 0 Å². The lowest BCUT2D eigenvalue weighted by atomic mass is 10.1. The van der Waals surface area contributed by atoms with Gasteiger partial charge in [-0.2, -0.15) is 0 Å². The first-order valence-electron chi connectivity index (χ1n) is 8.12. The first-order chi connectivity index (χ1) is 11.5. The van der Waals surface area contributed by atoms with Crippen LogP contribution in [0, 0.1) is 0 Å². The van der Waals surface area contributed by atoms with Gasteiger partial charge in [-0.05, 0) is 37.6 Å². The zero-order chi connectivity index (χ0) is 17.5. The van der Waals surface area contributed by atoms with Gasteiger partial charge in [-0.25, -0.2) is 4.98 Å². The number of hydrogen-bond donors (Lipinski definition) is 2. The van der Waals surface area contributed by atoms with E-state index < -0.39 is 0 Å². The second-order valence-corrected chi connectivity index (χ2v) is 5.74. The lowest BCUT2D eigenvalue weighted by Gasteiger charge is -2.17. The van der Waals surface area contributed by atoms with E-state index >= 15 is 0 Å². The van der Waals surface area contributed by atoms with Crippen molar-refractivity contribution in [2.75, 3.05) is 7.05 Å². The standard InChI is InChI=1S/C19H24N4O/c1-5-13(2)22-14(3)15-10-17(12-16-8-6-7-9-21-16)23-18(11-15)19(24)20-4/h6-11,13,22H,3,5,12H2,1-2,4H3,(H,20,24)/t13-/m1/s1. The topological polar surface area (TPSA) is 66.9 Å². The van der Waals surface area contributed by atoms with Crippen molar-refractivity contribution in [1.82, 2.24) is 20.6 Å². The molecule has 0 bridgehead atoms. The number of nitrogens with one attached hydrogen (secondary N) is 2. The highest BCUT2D eigenvalue weighted by atomic mass is 16.1. The van der Waals surface area contributed by atoms with Gasteiger partial charge >= 0.3 is 0 Å². The van der Waals surface area contributed by atoms with Crippen LogP contribution in [-0.4, -0.2) is 29.0 Å². The summed E-state index contributed by atoms with van der Waals surface area (Å²) < 4.78 is 0. The summed E-state index contributed by atoms with van der Waals surface area (Å²) in [5.74, 6) is -0.213. The van der Waals surface area contributed by atoms with Crippen LogP contribution in [0.2, 0.25) is 0 Å². The van der Waals surface area contributed by atoms with Gasteiger partial charge in [-0.15, -0.1) is 0 Å². The number of carbonyl (C=O) groups excluding carboxylic acids is 1. The molecule has 0 aromatic carbocycles. The Labute approximate surface area is 143 Å². The van der Waals surface area contributed by atoms with E-state index in [1.165, 1.54) is 0 Å². The van der Waals surface area contributed by atoms with Crippen LogP contribution in [0.1, 0.15) is 47.7 Å². The molecule has 1 amide bonds. The molecule has 2 rings (SSSR count). The van der Waals surface area contributed by atoms with Gasteiger partial charge in [0, 0.05) is 48.4 Å². The molecule has 2 heterocycles. The average molecular weight is 324 g/mol. The van der Waals surface area contributed by atoms with E-state index in [2.05, 4.69) is 41.0 Å². The molecule has 0 spiro atoms. The van der Waals surface area contributed by atoms with Gasteiger partial charge in [0.2, 0.25) is 0 Å². The van der Waals surface area contributed by atoms with Crippen molar-refractivity contribution in [2.45, 2.75) is 32.7 Å². The minimum atomic E-state index is -0.213. The summed E-state index contributed by atoms with van der Waals surface area (Å²) >= 11 is 0. The van der Waals surface area contributed by atoms with Gasteiger partial charge in [0.05, 0.1) is 0 Å². The molecule has 0 saturated carbocycles. The number of pyridine rings is 2. The normalized spacial score (nSPS) is 11.6. The molecule has 5 heteroatoms. The number of rotatable bonds is 7. The van der Waals surface area contributed by atoms with Crippen molar-refractivity contribution in [3.8, 4) is 0 Å². The average Bonchev–Trinajstić information content (AvgIpc) is 2.61. The highest BCUT2D eigenvalue weighted by Gasteiger charge is 2.12. The third kappa shape index (κ3) is 4.65. The fourth-order valence-corrected chi connectivity index (χ4v) is 2.27. The molecule has 0 saturated heterocycles. The van der Waals surface area contributed by atoms with Crippen molar-refractivity contribution in [1.29, 1.82) is 0 Å². The maximum atomic E-state index is 12.0. The van der Waals surface area contributed by atoms with Gasteiger partial charge in [-0.1, -0.05) is 19.6 Å². The number of hydrogen-bond acceptors (Lipinski definition) is 4. The van der Waals surface area contributed by atoms with Gasteiger partial charge in [0.25, 0.3) is 5.91 Å². The summed E-state index contributed by atoms with van der Waals surface area (Å²) in [6, 6.07) is 9.79. The molecular formula is C19H24N4O. The highest BCUT2D eigenvalue weighted by Crippen LogP contribution is 2.16. The molecule has 0 aliphatic heterocycles. The van der Waals surface area contributed by atoms with E-state index in [1.54, 1.807) is 19.3 Å². The summed E-state index contributed by atoms with van der Waals surface area (Å²) in [4.78, 5) is 20.8. The van der Waals surface area contributed by atoms with E-state index in [9.17, 15) is 4.79 Å². The largest absolute Gasteiger partial charge is 0.383 e. The third-order valence-corrected chi connectivity index (χ3v) is 3.81. The number of amides is 1. The lowest BCUT2D eigenvalue weighted by molar-refractivity contribution is 0.0958. The predicted molar refractivity (Wildman–Crippen MR) is 96.6 cm³/mol. The lowest BCUT2D eigenvalue weighted by Crippen LogP contribution is -2.24. The second kappa shape index (κ2) is 8.24. The third-order valence-electron chi connectivity index (χ3n) is 3.81. The number of aromatic nitrogens is 2. The Morgan fingerprint density at radius 1 is 1.29 bits per heavy atom. The van der Waals surface area contributed by atoms with Crippen molar-refractivity contribution in [3.05, 3.63) is 65.8 Å². The molecule has 2 aromatic heterocycles. The molecule has 1 atom stereocenters. The van der Waals surface area contributed by atoms with E-state index in [-0.39, 0.29) is 5.91 Å². The molecule has 2 aromatic rings. The molecule has 2 N–H and O–H groups in total. The van der Waals surface area contributed by atoms with Gasteiger partial charge < -0.3 is 10.6 Å². The van der Waals surface area contributed by atoms with E-state index in [0.29, 0.717) is 18.2 Å². The van der Waals surface area contributed by atoms with E-state index in [1.807, 2.05) is 24.3 Å². The Morgan fingerprint density at radius 2 is 2.08 bits per heavy atom. The second-order valence-electron chi connectivity index (χ2n) is 5.74. The minimum Gasteiger partial charge on any atom is -0.383 e. The van der Waals surface area contributed by atoms with Crippen molar-refractivity contribution < 1.29 is 4.79 Å². The molecule has 0 unspecified atom stereocenters. The number of nitrogens with zero attached hydrogens (tertiary/aromatic N) is 2. The molecule has 0 aliphatic rings. The van der Waals surface area contributed by atoms with Crippen LogP contribution in [0.3, 0.4) is 0 Å². The minimum absolute atomic E-state index is 0.213. The van der Waals surface area contributed by atoms with Crippen molar-refractivity contribution in [3.63, 3.8) is 0 Å². The SMILES string of the molecule is C=C(N[C@H](C)CC)c1cc(Cc2ccccn2)nc(C(=O)NC)c1. The molecule has 5 nitrogen and oxygen atoms in total. The Kier molecular flexibility index (Phi) is 6.07. The predicted octanol–water partition coefficient (Wildman–Crippen LogP) is 2.79. The fourth-order valence-electron chi connectivity index (χ4n) is 2.27. The van der Waals surface area contributed by atoms with Crippen LogP contribution in [-0.2, 0) is 6.42 Å². The highest BCUT2D eigenvalue weighted by molar-refractivity contribution is 5.93. The Balaban J connectivity index is 2.34. The van der Waals surface area contributed by atoms with Gasteiger partial charge in [-0.3, -0.25) is 9.78 Å². The molecule has 126 valence electrons.